The third-order valence-corrected chi connectivity index (χ3v) is 4.48. The first-order valence-electron chi connectivity index (χ1n) is 8.40. The molecule has 138 valence electrons. The summed E-state index contributed by atoms with van der Waals surface area (Å²) in [7, 11) is 1.65. The van der Waals surface area contributed by atoms with E-state index in [1.165, 1.54) is 17.4 Å². The van der Waals surface area contributed by atoms with E-state index in [2.05, 4.69) is 10.3 Å². The molecule has 0 fully saturated rings. The molecular weight excluding hydrogens is 360 g/mol. The van der Waals surface area contributed by atoms with E-state index in [4.69, 9.17) is 9.47 Å². The van der Waals surface area contributed by atoms with Gasteiger partial charge in [0.25, 0.3) is 0 Å². The van der Waals surface area contributed by atoms with Gasteiger partial charge >= 0.3 is 0 Å². The molecule has 0 saturated carbocycles. The van der Waals surface area contributed by atoms with Crippen molar-refractivity contribution < 1.29 is 14.3 Å². The summed E-state index contributed by atoms with van der Waals surface area (Å²) >= 11 is 1.48. The SMILES string of the molecule is COc1ccc(COCc2cccc(NC(=O)/C=C/c3cncs3)c2)cc1. The number of aromatic nitrogens is 1. The number of thiazole rings is 1. The third kappa shape index (κ3) is 6.06. The molecule has 0 aliphatic carbocycles. The molecular formula is C21H20N2O3S. The lowest BCUT2D eigenvalue weighted by Gasteiger charge is -2.08. The molecule has 27 heavy (non-hydrogen) atoms. The molecule has 2 aromatic carbocycles. The van der Waals surface area contributed by atoms with E-state index in [1.54, 1.807) is 24.9 Å². The summed E-state index contributed by atoms with van der Waals surface area (Å²) in [6.45, 7) is 0.977. The maximum atomic E-state index is 12.0. The van der Waals surface area contributed by atoms with Gasteiger partial charge in [0.05, 0.1) is 25.8 Å². The van der Waals surface area contributed by atoms with Crippen LogP contribution in [0.1, 0.15) is 16.0 Å². The average molecular weight is 380 g/mol. The second-order valence-electron chi connectivity index (χ2n) is 5.77. The molecule has 0 saturated heterocycles. The first-order valence-corrected chi connectivity index (χ1v) is 9.28. The second kappa shape index (κ2) is 9.66. The summed E-state index contributed by atoms with van der Waals surface area (Å²) in [5.41, 5.74) is 4.54. The van der Waals surface area contributed by atoms with E-state index in [9.17, 15) is 4.79 Å². The van der Waals surface area contributed by atoms with Gasteiger partial charge in [-0.1, -0.05) is 24.3 Å². The molecule has 1 amide bonds. The number of ether oxygens (including phenoxy) is 2. The molecule has 1 heterocycles. The standard InChI is InChI=1S/C21H20N2O3S/c1-25-19-7-5-16(6-8-19)13-26-14-17-3-2-4-18(11-17)23-21(24)10-9-20-12-22-15-27-20/h2-12,15H,13-14H2,1H3,(H,23,24)/b10-9+. The predicted octanol–water partition coefficient (Wildman–Crippen LogP) is 4.52. The van der Waals surface area contributed by atoms with Gasteiger partial charge in [-0.15, -0.1) is 11.3 Å². The molecule has 0 aliphatic heterocycles. The highest BCUT2D eigenvalue weighted by molar-refractivity contribution is 7.10. The van der Waals surface area contributed by atoms with Gasteiger partial charge in [0, 0.05) is 22.8 Å². The van der Waals surface area contributed by atoms with Crippen LogP contribution in [0.25, 0.3) is 6.08 Å². The fourth-order valence-corrected chi connectivity index (χ4v) is 2.91. The first-order chi connectivity index (χ1) is 13.2. The van der Waals surface area contributed by atoms with Gasteiger partial charge in [-0.2, -0.15) is 0 Å². The highest BCUT2D eigenvalue weighted by Gasteiger charge is 2.01. The Hall–Kier alpha value is -2.96. The van der Waals surface area contributed by atoms with E-state index in [-0.39, 0.29) is 5.91 Å². The van der Waals surface area contributed by atoms with E-state index in [0.717, 1.165) is 27.4 Å². The highest BCUT2D eigenvalue weighted by Crippen LogP contribution is 2.15. The Kier molecular flexibility index (Phi) is 6.73. The summed E-state index contributed by atoms with van der Waals surface area (Å²) in [4.78, 5) is 16.9. The second-order valence-corrected chi connectivity index (χ2v) is 6.69. The molecule has 1 aromatic heterocycles. The first kappa shape index (κ1) is 18.8. The zero-order valence-electron chi connectivity index (χ0n) is 14.9. The molecule has 3 aromatic rings. The number of rotatable bonds is 8. The summed E-state index contributed by atoms with van der Waals surface area (Å²) in [5.74, 6) is 0.645. The number of hydrogen-bond acceptors (Lipinski definition) is 5. The Morgan fingerprint density at radius 2 is 1.96 bits per heavy atom. The number of nitrogens with one attached hydrogen (secondary N) is 1. The lowest BCUT2D eigenvalue weighted by Crippen LogP contribution is -2.08. The van der Waals surface area contributed by atoms with Crippen LogP contribution in [0.5, 0.6) is 5.75 Å². The Morgan fingerprint density at radius 1 is 1.15 bits per heavy atom. The molecule has 0 bridgehead atoms. The number of nitrogens with zero attached hydrogens (tertiary/aromatic N) is 1. The van der Waals surface area contributed by atoms with Gasteiger partial charge in [-0.3, -0.25) is 9.78 Å². The summed E-state index contributed by atoms with van der Waals surface area (Å²) in [6, 6.07) is 15.4. The van der Waals surface area contributed by atoms with Gasteiger partial charge in [-0.05, 0) is 41.5 Å². The maximum absolute atomic E-state index is 12.0. The van der Waals surface area contributed by atoms with Gasteiger partial charge in [0.2, 0.25) is 5.91 Å². The van der Waals surface area contributed by atoms with Crippen molar-refractivity contribution in [1.82, 2.24) is 4.98 Å². The number of benzene rings is 2. The summed E-state index contributed by atoms with van der Waals surface area (Å²) in [6.07, 6.45) is 4.96. The third-order valence-electron chi connectivity index (χ3n) is 3.74. The highest BCUT2D eigenvalue weighted by atomic mass is 32.1. The molecule has 0 unspecified atom stereocenters. The summed E-state index contributed by atoms with van der Waals surface area (Å²) < 4.78 is 10.9. The number of amides is 1. The van der Waals surface area contributed by atoms with E-state index in [1.807, 2.05) is 48.5 Å². The van der Waals surface area contributed by atoms with E-state index >= 15 is 0 Å². The fourth-order valence-electron chi connectivity index (χ4n) is 2.40. The van der Waals surface area contributed by atoms with Crippen LogP contribution in [0.3, 0.4) is 0 Å². The molecule has 6 heteroatoms. The minimum atomic E-state index is -0.181. The number of carbonyl (C=O) groups is 1. The zero-order chi connectivity index (χ0) is 18.9. The molecule has 0 aliphatic rings. The Morgan fingerprint density at radius 3 is 2.70 bits per heavy atom. The van der Waals surface area contributed by atoms with Crippen LogP contribution in [-0.4, -0.2) is 18.0 Å². The van der Waals surface area contributed by atoms with Crippen LogP contribution in [0.15, 0.2) is 66.3 Å². The normalized spacial score (nSPS) is 10.9. The summed E-state index contributed by atoms with van der Waals surface area (Å²) in [5, 5.41) is 2.85. The molecule has 5 nitrogen and oxygen atoms in total. The van der Waals surface area contributed by atoms with Crippen molar-refractivity contribution in [2.24, 2.45) is 0 Å². The minimum Gasteiger partial charge on any atom is -0.497 e. The average Bonchev–Trinajstić information content (AvgIpc) is 3.21. The minimum absolute atomic E-state index is 0.181. The Labute approximate surface area is 162 Å². The Balaban J connectivity index is 1.49. The quantitative estimate of drug-likeness (QED) is 0.584. The number of hydrogen-bond donors (Lipinski definition) is 1. The van der Waals surface area contributed by atoms with Crippen LogP contribution >= 0.6 is 11.3 Å². The Bertz CT molecular complexity index is 890. The van der Waals surface area contributed by atoms with Crippen molar-refractivity contribution in [3.05, 3.63) is 82.3 Å². The van der Waals surface area contributed by atoms with Crippen molar-refractivity contribution in [1.29, 1.82) is 0 Å². The van der Waals surface area contributed by atoms with Crippen LogP contribution in [0.2, 0.25) is 0 Å². The van der Waals surface area contributed by atoms with Gasteiger partial charge in [0.15, 0.2) is 0 Å². The molecule has 0 atom stereocenters. The van der Waals surface area contributed by atoms with Gasteiger partial charge in [-0.25, -0.2) is 0 Å². The van der Waals surface area contributed by atoms with Crippen LogP contribution < -0.4 is 10.1 Å². The topological polar surface area (TPSA) is 60.5 Å². The van der Waals surface area contributed by atoms with Crippen LogP contribution in [0.4, 0.5) is 5.69 Å². The number of anilines is 1. The monoisotopic (exact) mass is 380 g/mol. The van der Waals surface area contributed by atoms with Crippen molar-refractivity contribution in [3.8, 4) is 5.75 Å². The molecule has 3 rings (SSSR count). The fraction of sp³-hybridized carbons (Fsp3) is 0.143. The van der Waals surface area contributed by atoms with Crippen LogP contribution in [-0.2, 0) is 22.7 Å². The van der Waals surface area contributed by atoms with Crippen molar-refractivity contribution >= 4 is 29.0 Å². The van der Waals surface area contributed by atoms with Crippen LogP contribution in [0, 0.1) is 0 Å². The zero-order valence-corrected chi connectivity index (χ0v) is 15.7. The molecule has 0 spiro atoms. The largest absolute Gasteiger partial charge is 0.497 e. The smallest absolute Gasteiger partial charge is 0.248 e. The van der Waals surface area contributed by atoms with Crippen molar-refractivity contribution in [2.45, 2.75) is 13.2 Å². The number of carbonyl (C=O) groups excluding carboxylic acids is 1. The maximum Gasteiger partial charge on any atom is 0.248 e. The van der Waals surface area contributed by atoms with E-state index in [0.29, 0.717) is 13.2 Å². The lowest BCUT2D eigenvalue weighted by molar-refractivity contribution is -0.111. The van der Waals surface area contributed by atoms with Crippen molar-refractivity contribution in [3.63, 3.8) is 0 Å². The lowest BCUT2D eigenvalue weighted by atomic mass is 10.2. The van der Waals surface area contributed by atoms with Crippen molar-refractivity contribution in [2.75, 3.05) is 12.4 Å². The number of methoxy groups -OCH3 is 1. The molecule has 1 N–H and O–H groups in total. The predicted molar refractivity (Wildman–Crippen MR) is 108 cm³/mol. The van der Waals surface area contributed by atoms with Gasteiger partial charge in [0.1, 0.15) is 5.75 Å². The van der Waals surface area contributed by atoms with Gasteiger partial charge < -0.3 is 14.8 Å². The van der Waals surface area contributed by atoms with E-state index < -0.39 is 0 Å². The molecule has 0 radical (unpaired) electrons.